The molecule has 0 fully saturated rings. The Labute approximate surface area is 154 Å². The molecule has 0 aliphatic rings. The number of benzene rings is 1. The normalized spacial score (nSPS) is 12.7. The highest BCUT2D eigenvalue weighted by molar-refractivity contribution is 5.67. The number of hydrogen-bond donors (Lipinski definition) is 0. The maximum atomic E-state index is 9.44. The highest BCUT2D eigenvalue weighted by Crippen LogP contribution is 2.17. The predicted molar refractivity (Wildman–Crippen MR) is 111 cm³/mol. The second-order valence-electron chi connectivity index (χ2n) is 6.53. The molecule has 1 aromatic carbocycles. The molecule has 1 aromatic rings. The summed E-state index contributed by atoms with van der Waals surface area (Å²) >= 11 is 0. The molecule has 0 atom stereocenters. The molecule has 0 aliphatic carbocycles. The zero-order chi connectivity index (χ0) is 18.5. The highest BCUT2D eigenvalue weighted by Gasteiger charge is 2.05. The molecule has 0 aromatic heterocycles. The Morgan fingerprint density at radius 1 is 1.08 bits per heavy atom. The van der Waals surface area contributed by atoms with E-state index in [1.807, 2.05) is 25.1 Å². The van der Waals surface area contributed by atoms with Crippen LogP contribution < -0.4 is 10.4 Å². The first-order valence-electron chi connectivity index (χ1n) is 9.74. The van der Waals surface area contributed by atoms with E-state index in [2.05, 4.69) is 44.7 Å². The zero-order valence-electron chi connectivity index (χ0n) is 16.3. The standard InChI is InChI=1S/C24H33N/c1-5-8-10-11-12-13-15-20(4)22-18-17-21(19-25)23(14-7-3)24(22)16-9-6-2/h6,9,14,16-18H,4-5,7-8,10-13,15H2,1-3H3/b9-6-,23-14-,24-16-. The molecule has 0 saturated heterocycles. The average Bonchev–Trinajstić information content (AvgIpc) is 2.63. The number of rotatable bonds is 10. The monoisotopic (exact) mass is 335 g/mol. The van der Waals surface area contributed by atoms with Crippen LogP contribution in [0.25, 0.3) is 17.7 Å². The summed E-state index contributed by atoms with van der Waals surface area (Å²) in [5.74, 6) is 0. The molecule has 0 N–H and O–H groups in total. The van der Waals surface area contributed by atoms with Crippen LogP contribution in [0.3, 0.4) is 0 Å². The lowest BCUT2D eigenvalue weighted by Gasteiger charge is -2.09. The highest BCUT2D eigenvalue weighted by atomic mass is 14.2. The smallest absolute Gasteiger partial charge is 0.0998 e. The van der Waals surface area contributed by atoms with Crippen molar-refractivity contribution in [3.63, 3.8) is 0 Å². The molecule has 25 heavy (non-hydrogen) atoms. The van der Waals surface area contributed by atoms with E-state index in [0.29, 0.717) is 0 Å². The predicted octanol–water partition coefficient (Wildman–Crippen LogP) is 5.87. The minimum atomic E-state index is 0.744. The molecule has 0 amide bonds. The van der Waals surface area contributed by atoms with Gasteiger partial charge in [0.2, 0.25) is 0 Å². The summed E-state index contributed by atoms with van der Waals surface area (Å²) in [7, 11) is 0. The van der Waals surface area contributed by atoms with E-state index < -0.39 is 0 Å². The molecule has 0 aliphatic heterocycles. The maximum absolute atomic E-state index is 9.44. The number of unbranched alkanes of at least 4 members (excludes halogenated alkanes) is 5. The van der Waals surface area contributed by atoms with E-state index in [9.17, 15) is 5.26 Å². The van der Waals surface area contributed by atoms with Gasteiger partial charge >= 0.3 is 0 Å². The lowest BCUT2D eigenvalue weighted by Crippen LogP contribution is -2.31. The molecule has 1 nitrogen and oxygen atoms in total. The topological polar surface area (TPSA) is 23.8 Å². The number of nitriles is 1. The lowest BCUT2D eigenvalue weighted by molar-refractivity contribution is 0.613. The van der Waals surface area contributed by atoms with Gasteiger partial charge in [-0.3, -0.25) is 0 Å². The summed E-state index contributed by atoms with van der Waals surface area (Å²) in [5, 5.41) is 11.6. The van der Waals surface area contributed by atoms with Crippen LogP contribution in [-0.2, 0) is 0 Å². The van der Waals surface area contributed by atoms with Gasteiger partial charge in [0, 0.05) is 0 Å². The van der Waals surface area contributed by atoms with Crippen LogP contribution >= 0.6 is 0 Å². The summed E-state index contributed by atoms with van der Waals surface area (Å²) in [6.45, 7) is 10.7. The molecule has 0 radical (unpaired) electrons. The van der Waals surface area contributed by atoms with E-state index in [-0.39, 0.29) is 0 Å². The van der Waals surface area contributed by atoms with Crippen molar-refractivity contribution in [2.24, 2.45) is 0 Å². The van der Waals surface area contributed by atoms with Crippen molar-refractivity contribution in [3.8, 4) is 6.07 Å². The van der Waals surface area contributed by atoms with Gasteiger partial charge in [-0.1, -0.05) is 82.9 Å². The minimum Gasteiger partial charge on any atom is -0.192 e. The third kappa shape index (κ3) is 6.75. The van der Waals surface area contributed by atoms with E-state index in [0.717, 1.165) is 28.8 Å². The first-order chi connectivity index (χ1) is 12.2. The fourth-order valence-corrected chi connectivity index (χ4v) is 3.09. The molecule has 134 valence electrons. The molecular weight excluding hydrogens is 302 g/mol. The van der Waals surface area contributed by atoms with Gasteiger partial charge in [-0.15, -0.1) is 0 Å². The van der Waals surface area contributed by atoms with Crippen molar-refractivity contribution in [2.75, 3.05) is 0 Å². The van der Waals surface area contributed by atoms with Crippen LogP contribution in [0.2, 0.25) is 0 Å². The number of allylic oxidation sites excluding steroid dienone is 3. The van der Waals surface area contributed by atoms with Crippen LogP contribution in [0.5, 0.6) is 0 Å². The number of nitrogens with zero attached hydrogens (tertiary/aromatic N) is 1. The SMILES string of the molecule is C=C(CCCCCCCC)c1ccc(C#N)c(=C/CC)/c1=C\C=C/C. The summed E-state index contributed by atoms with van der Waals surface area (Å²) in [6.07, 6.45) is 18.0. The molecule has 0 unspecified atom stereocenters. The van der Waals surface area contributed by atoms with Crippen LogP contribution in [0.4, 0.5) is 0 Å². The van der Waals surface area contributed by atoms with E-state index in [1.54, 1.807) is 0 Å². The Bertz CT molecular complexity index is 729. The van der Waals surface area contributed by atoms with Crippen molar-refractivity contribution < 1.29 is 0 Å². The fraction of sp³-hybridized carbons (Fsp3) is 0.458. The van der Waals surface area contributed by atoms with Crippen molar-refractivity contribution in [1.29, 1.82) is 5.26 Å². The quantitative estimate of drug-likeness (QED) is 0.491. The molecular formula is C24H33N. The molecule has 0 saturated carbocycles. The zero-order valence-corrected chi connectivity index (χ0v) is 16.3. The summed E-state index contributed by atoms with van der Waals surface area (Å²) in [6, 6.07) is 6.34. The van der Waals surface area contributed by atoms with Crippen molar-refractivity contribution in [2.45, 2.75) is 72.1 Å². The Kier molecular flexibility index (Phi) is 10.3. The van der Waals surface area contributed by atoms with Gasteiger partial charge in [0.15, 0.2) is 0 Å². The Morgan fingerprint density at radius 2 is 1.80 bits per heavy atom. The third-order valence-electron chi connectivity index (χ3n) is 4.48. The summed E-state index contributed by atoms with van der Waals surface area (Å²) in [4.78, 5) is 0. The van der Waals surface area contributed by atoms with Gasteiger partial charge in [0.25, 0.3) is 0 Å². The Hall–Kier alpha value is -2.07. The van der Waals surface area contributed by atoms with Gasteiger partial charge in [-0.05, 0) is 53.8 Å². The third-order valence-corrected chi connectivity index (χ3v) is 4.48. The van der Waals surface area contributed by atoms with Gasteiger partial charge in [0.1, 0.15) is 0 Å². The van der Waals surface area contributed by atoms with E-state index >= 15 is 0 Å². The molecule has 1 rings (SSSR count). The Morgan fingerprint density at radius 3 is 2.44 bits per heavy atom. The summed E-state index contributed by atoms with van der Waals surface area (Å²) in [5.41, 5.74) is 3.11. The van der Waals surface area contributed by atoms with Gasteiger partial charge < -0.3 is 0 Å². The molecule has 1 heteroatoms. The van der Waals surface area contributed by atoms with Crippen LogP contribution in [0.1, 0.15) is 83.3 Å². The second kappa shape index (κ2) is 12.3. The average molecular weight is 336 g/mol. The maximum Gasteiger partial charge on any atom is 0.0998 e. The van der Waals surface area contributed by atoms with E-state index in [1.165, 1.54) is 49.7 Å². The molecule has 0 spiro atoms. The molecule has 0 heterocycles. The van der Waals surface area contributed by atoms with Crippen molar-refractivity contribution in [3.05, 3.63) is 52.4 Å². The first-order valence-corrected chi connectivity index (χ1v) is 9.74. The first kappa shape index (κ1) is 21.0. The van der Waals surface area contributed by atoms with Crippen molar-refractivity contribution in [1.82, 2.24) is 0 Å². The van der Waals surface area contributed by atoms with Crippen LogP contribution in [-0.4, -0.2) is 0 Å². The van der Waals surface area contributed by atoms with Gasteiger partial charge in [0.05, 0.1) is 11.6 Å². The summed E-state index contributed by atoms with van der Waals surface area (Å²) < 4.78 is 0. The van der Waals surface area contributed by atoms with Crippen LogP contribution in [0, 0.1) is 11.3 Å². The fourth-order valence-electron chi connectivity index (χ4n) is 3.09. The number of hydrogen-bond acceptors (Lipinski definition) is 1. The lowest BCUT2D eigenvalue weighted by atomic mass is 9.95. The van der Waals surface area contributed by atoms with Gasteiger partial charge in [-0.25, -0.2) is 0 Å². The minimum absolute atomic E-state index is 0.744. The van der Waals surface area contributed by atoms with Gasteiger partial charge in [-0.2, -0.15) is 5.26 Å². The Balaban J connectivity index is 3.07. The second-order valence-corrected chi connectivity index (χ2v) is 6.53. The molecule has 0 bridgehead atoms. The van der Waals surface area contributed by atoms with E-state index in [4.69, 9.17) is 0 Å². The van der Waals surface area contributed by atoms with Crippen LogP contribution in [0.15, 0.2) is 30.9 Å². The van der Waals surface area contributed by atoms with Crippen molar-refractivity contribution >= 4 is 17.7 Å². The largest absolute Gasteiger partial charge is 0.192 e.